The topological polar surface area (TPSA) is 101 Å². The van der Waals surface area contributed by atoms with Crippen LogP contribution in [0.1, 0.15) is 10.4 Å². The van der Waals surface area contributed by atoms with E-state index in [1.165, 1.54) is 18.2 Å². The number of amides is 1. The second-order valence-corrected chi connectivity index (χ2v) is 7.28. The highest BCUT2D eigenvalue weighted by Crippen LogP contribution is 2.25. The number of nitrogens with two attached hydrogens (primary N) is 1. The predicted molar refractivity (Wildman–Crippen MR) is 95.6 cm³/mol. The number of benzene rings is 2. The maximum absolute atomic E-state index is 12.0. The Morgan fingerprint density at radius 2 is 1.78 bits per heavy atom. The van der Waals surface area contributed by atoms with Gasteiger partial charge in [-0.05, 0) is 58.5 Å². The molecular formula is C14H12BrN3O3S2. The third-order valence-electron chi connectivity index (χ3n) is 2.78. The van der Waals surface area contributed by atoms with E-state index in [4.69, 9.17) is 17.4 Å². The molecular weight excluding hydrogens is 402 g/mol. The van der Waals surface area contributed by atoms with E-state index < -0.39 is 10.0 Å². The average Bonchev–Trinajstić information content (AvgIpc) is 2.49. The van der Waals surface area contributed by atoms with Crippen LogP contribution in [0.4, 0.5) is 5.69 Å². The van der Waals surface area contributed by atoms with Gasteiger partial charge in [0.15, 0.2) is 5.11 Å². The molecule has 4 N–H and O–H groups in total. The summed E-state index contributed by atoms with van der Waals surface area (Å²) >= 11 is 8.30. The van der Waals surface area contributed by atoms with Gasteiger partial charge in [-0.25, -0.2) is 13.6 Å². The smallest absolute Gasteiger partial charge is 0.257 e. The summed E-state index contributed by atoms with van der Waals surface area (Å²) in [6.45, 7) is 0. The SMILES string of the molecule is NS(=O)(=O)c1ccc(NC(=S)NC(=O)c2ccccc2)c(Br)c1. The van der Waals surface area contributed by atoms with Gasteiger partial charge in [-0.1, -0.05) is 18.2 Å². The van der Waals surface area contributed by atoms with E-state index in [1.54, 1.807) is 30.3 Å². The van der Waals surface area contributed by atoms with Crippen LogP contribution in [0.3, 0.4) is 0 Å². The van der Waals surface area contributed by atoms with Crippen LogP contribution < -0.4 is 15.8 Å². The summed E-state index contributed by atoms with van der Waals surface area (Å²) in [5.41, 5.74) is 0.969. The van der Waals surface area contributed by atoms with Crippen LogP contribution in [0.15, 0.2) is 57.9 Å². The Hall–Kier alpha value is -1.81. The summed E-state index contributed by atoms with van der Waals surface area (Å²) in [4.78, 5) is 11.9. The third-order valence-corrected chi connectivity index (χ3v) is 4.55. The predicted octanol–water partition coefficient (Wildman–Crippen LogP) is 2.22. The van der Waals surface area contributed by atoms with Crippen LogP contribution >= 0.6 is 28.1 Å². The van der Waals surface area contributed by atoms with E-state index in [0.717, 1.165) is 0 Å². The van der Waals surface area contributed by atoms with E-state index in [2.05, 4.69) is 26.6 Å². The molecule has 0 aromatic heterocycles. The molecule has 23 heavy (non-hydrogen) atoms. The fourth-order valence-corrected chi connectivity index (χ4v) is 3.06. The molecule has 0 atom stereocenters. The summed E-state index contributed by atoms with van der Waals surface area (Å²) in [5, 5.41) is 10.5. The van der Waals surface area contributed by atoms with E-state index in [1.807, 2.05) is 0 Å². The highest BCUT2D eigenvalue weighted by atomic mass is 79.9. The molecule has 2 aromatic carbocycles. The monoisotopic (exact) mass is 413 g/mol. The molecule has 120 valence electrons. The lowest BCUT2D eigenvalue weighted by Crippen LogP contribution is -2.34. The molecule has 2 aromatic rings. The Balaban J connectivity index is 2.08. The lowest BCUT2D eigenvalue weighted by atomic mass is 10.2. The van der Waals surface area contributed by atoms with Crippen molar-refractivity contribution >= 4 is 54.9 Å². The van der Waals surface area contributed by atoms with Gasteiger partial charge in [-0.15, -0.1) is 0 Å². The zero-order valence-corrected chi connectivity index (χ0v) is 14.8. The Kier molecular flexibility index (Phi) is 5.47. The molecule has 6 nitrogen and oxygen atoms in total. The van der Waals surface area contributed by atoms with Crippen LogP contribution in [-0.4, -0.2) is 19.4 Å². The van der Waals surface area contributed by atoms with E-state index in [9.17, 15) is 13.2 Å². The van der Waals surface area contributed by atoms with E-state index in [0.29, 0.717) is 15.7 Å². The minimum absolute atomic E-state index is 0.0332. The molecule has 0 fully saturated rings. The number of anilines is 1. The lowest BCUT2D eigenvalue weighted by molar-refractivity contribution is 0.0977. The number of rotatable bonds is 3. The number of nitrogens with one attached hydrogen (secondary N) is 2. The molecule has 0 bridgehead atoms. The zero-order chi connectivity index (χ0) is 17.0. The first-order valence-electron chi connectivity index (χ1n) is 6.27. The van der Waals surface area contributed by atoms with Crippen LogP contribution in [0.5, 0.6) is 0 Å². The molecule has 2 rings (SSSR count). The van der Waals surface area contributed by atoms with Crippen molar-refractivity contribution in [3.63, 3.8) is 0 Å². The summed E-state index contributed by atoms with van der Waals surface area (Å²) in [6.07, 6.45) is 0. The van der Waals surface area contributed by atoms with Crippen LogP contribution in [-0.2, 0) is 10.0 Å². The molecule has 1 amide bonds. The third kappa shape index (κ3) is 4.83. The molecule has 0 radical (unpaired) electrons. The summed E-state index contributed by atoms with van der Waals surface area (Å²) in [6, 6.07) is 12.8. The highest BCUT2D eigenvalue weighted by molar-refractivity contribution is 9.10. The van der Waals surface area contributed by atoms with E-state index in [-0.39, 0.29) is 15.9 Å². The van der Waals surface area contributed by atoms with Gasteiger partial charge in [0.1, 0.15) is 0 Å². The van der Waals surface area contributed by atoms with Crippen LogP contribution in [0.25, 0.3) is 0 Å². The molecule has 0 aliphatic carbocycles. The number of sulfonamides is 1. The first-order valence-corrected chi connectivity index (χ1v) is 9.02. The molecule has 0 aliphatic rings. The van der Waals surface area contributed by atoms with Crippen molar-refractivity contribution in [2.75, 3.05) is 5.32 Å². The van der Waals surface area contributed by atoms with Gasteiger partial charge in [-0.3, -0.25) is 10.1 Å². The second kappa shape index (κ2) is 7.18. The Labute approximate surface area is 147 Å². The minimum Gasteiger partial charge on any atom is -0.331 e. The van der Waals surface area contributed by atoms with Gasteiger partial charge in [0, 0.05) is 10.0 Å². The number of hydrogen-bond acceptors (Lipinski definition) is 4. The fourth-order valence-electron chi connectivity index (χ4n) is 1.69. The molecule has 0 saturated carbocycles. The van der Waals surface area contributed by atoms with Crippen molar-refractivity contribution in [2.45, 2.75) is 4.90 Å². The van der Waals surface area contributed by atoms with Crippen LogP contribution in [0, 0.1) is 0 Å². The maximum atomic E-state index is 12.0. The molecule has 0 spiro atoms. The Morgan fingerprint density at radius 3 is 2.35 bits per heavy atom. The Bertz CT molecular complexity index is 855. The summed E-state index contributed by atoms with van der Waals surface area (Å²) < 4.78 is 23.0. The van der Waals surface area contributed by atoms with Gasteiger partial charge < -0.3 is 5.32 Å². The standard InChI is InChI=1S/C14H12BrN3O3S2/c15-11-8-10(23(16,20)21)6-7-12(11)17-14(22)18-13(19)9-4-2-1-3-5-9/h1-8H,(H2,16,20,21)(H2,17,18,19,22). The van der Waals surface area contributed by atoms with Crippen molar-refractivity contribution < 1.29 is 13.2 Å². The van der Waals surface area contributed by atoms with Gasteiger partial charge in [0.05, 0.1) is 10.6 Å². The highest BCUT2D eigenvalue weighted by Gasteiger charge is 2.12. The minimum atomic E-state index is -3.79. The van der Waals surface area contributed by atoms with Crippen molar-refractivity contribution in [1.29, 1.82) is 0 Å². The molecule has 0 heterocycles. The number of thiocarbonyl (C=S) groups is 1. The van der Waals surface area contributed by atoms with E-state index >= 15 is 0 Å². The lowest BCUT2D eigenvalue weighted by Gasteiger charge is -2.11. The molecule has 0 aliphatic heterocycles. The number of carbonyl (C=O) groups excluding carboxylic acids is 1. The van der Waals surface area contributed by atoms with Crippen LogP contribution in [0.2, 0.25) is 0 Å². The molecule has 9 heteroatoms. The molecule has 0 saturated heterocycles. The van der Waals surface area contributed by atoms with Gasteiger partial charge >= 0.3 is 0 Å². The van der Waals surface area contributed by atoms with Crippen molar-refractivity contribution in [3.8, 4) is 0 Å². The van der Waals surface area contributed by atoms with Gasteiger partial charge in [0.2, 0.25) is 10.0 Å². The first-order chi connectivity index (χ1) is 10.8. The first kappa shape index (κ1) is 17.5. The van der Waals surface area contributed by atoms with Crippen molar-refractivity contribution in [2.24, 2.45) is 5.14 Å². The molecule has 0 unspecified atom stereocenters. The second-order valence-electron chi connectivity index (χ2n) is 4.46. The number of primary sulfonamides is 1. The number of halogens is 1. The van der Waals surface area contributed by atoms with Crippen molar-refractivity contribution in [1.82, 2.24) is 5.32 Å². The normalized spacial score (nSPS) is 10.9. The fraction of sp³-hybridized carbons (Fsp3) is 0. The largest absolute Gasteiger partial charge is 0.331 e. The van der Waals surface area contributed by atoms with Crippen molar-refractivity contribution in [3.05, 3.63) is 58.6 Å². The zero-order valence-electron chi connectivity index (χ0n) is 11.6. The quantitative estimate of drug-likeness (QED) is 0.669. The Morgan fingerprint density at radius 1 is 1.13 bits per heavy atom. The average molecular weight is 414 g/mol. The maximum Gasteiger partial charge on any atom is 0.257 e. The summed E-state index contributed by atoms with van der Waals surface area (Å²) in [5.74, 6) is -0.347. The van der Waals surface area contributed by atoms with Gasteiger partial charge in [0.25, 0.3) is 5.91 Å². The summed E-state index contributed by atoms with van der Waals surface area (Å²) in [7, 11) is -3.79. The van der Waals surface area contributed by atoms with Gasteiger partial charge in [-0.2, -0.15) is 0 Å². The number of carbonyl (C=O) groups is 1. The number of hydrogen-bond donors (Lipinski definition) is 3.